The first-order chi connectivity index (χ1) is 7.13. The van der Waals surface area contributed by atoms with Crippen LogP contribution in [0.5, 0.6) is 5.75 Å². The molecule has 1 radical (unpaired) electrons. The van der Waals surface area contributed by atoms with Gasteiger partial charge in [-0.2, -0.15) is 0 Å². The Bertz CT molecular complexity index is 352. The molecule has 4 heteroatoms. The third kappa shape index (κ3) is 3.91. The second-order valence-corrected chi connectivity index (χ2v) is 3.96. The number of benzene rings is 1. The monoisotopic (exact) mass is 270 g/mol. The second kappa shape index (κ2) is 5.75. The number of hydrogen-bond donors (Lipinski definition) is 1. The van der Waals surface area contributed by atoms with Crippen LogP contribution in [0.4, 0.5) is 0 Å². The molecule has 0 spiro atoms. The third-order valence-electron chi connectivity index (χ3n) is 1.95. The smallest absolute Gasteiger partial charge is 0.217 e. The Kier molecular flexibility index (Phi) is 4.62. The normalized spacial score (nSPS) is 10.0. The van der Waals surface area contributed by atoms with Crippen LogP contribution in [0.15, 0.2) is 22.7 Å². The van der Waals surface area contributed by atoms with Crippen LogP contribution >= 0.6 is 15.9 Å². The lowest BCUT2D eigenvalue weighted by atomic mass is 10.1. The number of nitrogens with two attached hydrogens (primary N) is 1. The zero-order chi connectivity index (χ0) is 11.3. The summed E-state index contributed by atoms with van der Waals surface area (Å²) in [5.41, 5.74) is 6.09. The van der Waals surface area contributed by atoms with Crippen LogP contribution in [-0.4, -0.2) is 13.0 Å². The van der Waals surface area contributed by atoms with Gasteiger partial charge in [0.1, 0.15) is 5.75 Å². The Labute approximate surface area is 97.7 Å². The van der Waals surface area contributed by atoms with E-state index < -0.39 is 0 Å². The first kappa shape index (κ1) is 12.0. The summed E-state index contributed by atoms with van der Waals surface area (Å²) in [6.07, 6.45) is 3.01. The summed E-state index contributed by atoms with van der Waals surface area (Å²) >= 11 is 3.39. The van der Waals surface area contributed by atoms with E-state index in [1.165, 1.54) is 0 Å². The molecule has 0 fully saturated rings. The van der Waals surface area contributed by atoms with E-state index in [1.807, 2.05) is 24.6 Å². The first-order valence-corrected chi connectivity index (χ1v) is 5.38. The molecule has 1 aromatic rings. The number of halogens is 1. The Morgan fingerprint density at radius 3 is 2.87 bits per heavy atom. The summed E-state index contributed by atoms with van der Waals surface area (Å²) in [4.78, 5) is 10.5. The molecule has 15 heavy (non-hydrogen) atoms. The fourth-order valence-electron chi connectivity index (χ4n) is 1.19. The van der Waals surface area contributed by atoms with Crippen LogP contribution < -0.4 is 10.5 Å². The third-order valence-corrected chi connectivity index (χ3v) is 2.57. The molecule has 0 unspecified atom stereocenters. The van der Waals surface area contributed by atoms with Crippen molar-refractivity contribution in [2.24, 2.45) is 5.73 Å². The standard InChI is InChI=1S/C11H13BrNO2/c1-15-10-6-5-8(7-9(10)12)3-2-4-11(13)14/h3,5-7H,2,4H2,1H3,(H2,13,14). The maximum Gasteiger partial charge on any atom is 0.217 e. The maximum atomic E-state index is 10.5. The van der Waals surface area contributed by atoms with Crippen LogP contribution in [0, 0.1) is 6.42 Å². The molecule has 0 aliphatic carbocycles. The van der Waals surface area contributed by atoms with Gasteiger partial charge < -0.3 is 10.5 Å². The lowest BCUT2D eigenvalue weighted by Gasteiger charge is -2.05. The van der Waals surface area contributed by atoms with Crippen molar-refractivity contribution in [2.75, 3.05) is 7.11 Å². The number of primary amides is 1. The number of amides is 1. The SMILES string of the molecule is COc1ccc([CH]CCC(N)=O)cc1Br. The van der Waals surface area contributed by atoms with Crippen molar-refractivity contribution in [3.63, 3.8) is 0 Å². The minimum absolute atomic E-state index is 0.279. The van der Waals surface area contributed by atoms with Crippen LogP contribution in [0.1, 0.15) is 18.4 Å². The molecule has 1 aromatic carbocycles. The van der Waals surface area contributed by atoms with Crippen LogP contribution in [0.3, 0.4) is 0 Å². The van der Waals surface area contributed by atoms with Gasteiger partial charge in [0.25, 0.3) is 0 Å². The van der Waals surface area contributed by atoms with Gasteiger partial charge >= 0.3 is 0 Å². The van der Waals surface area contributed by atoms with Gasteiger partial charge in [0.05, 0.1) is 11.6 Å². The molecule has 0 aliphatic rings. The second-order valence-electron chi connectivity index (χ2n) is 3.10. The zero-order valence-electron chi connectivity index (χ0n) is 8.50. The molecular formula is C11H13BrNO2. The molecule has 1 amide bonds. The maximum absolute atomic E-state index is 10.5. The minimum Gasteiger partial charge on any atom is -0.496 e. The van der Waals surface area contributed by atoms with Crippen molar-refractivity contribution >= 4 is 21.8 Å². The molecule has 81 valence electrons. The van der Waals surface area contributed by atoms with E-state index in [-0.39, 0.29) is 5.91 Å². The average Bonchev–Trinajstić information content (AvgIpc) is 2.17. The molecule has 0 aromatic heterocycles. The van der Waals surface area contributed by atoms with E-state index in [1.54, 1.807) is 7.11 Å². The Morgan fingerprint density at radius 1 is 1.60 bits per heavy atom. The van der Waals surface area contributed by atoms with E-state index >= 15 is 0 Å². The van der Waals surface area contributed by atoms with E-state index in [0.717, 1.165) is 15.8 Å². The summed E-state index contributed by atoms with van der Waals surface area (Å²) in [7, 11) is 1.62. The highest BCUT2D eigenvalue weighted by Crippen LogP contribution is 2.26. The van der Waals surface area contributed by atoms with Crippen LogP contribution in [0.25, 0.3) is 0 Å². The highest BCUT2D eigenvalue weighted by atomic mass is 79.9. The molecule has 0 aliphatic heterocycles. The van der Waals surface area contributed by atoms with Crippen LogP contribution in [0.2, 0.25) is 0 Å². The molecule has 2 N–H and O–H groups in total. The van der Waals surface area contributed by atoms with Crippen LogP contribution in [-0.2, 0) is 4.79 Å². The van der Waals surface area contributed by atoms with Gasteiger partial charge in [-0.3, -0.25) is 4.79 Å². The largest absolute Gasteiger partial charge is 0.496 e. The molecular weight excluding hydrogens is 258 g/mol. The highest BCUT2D eigenvalue weighted by Gasteiger charge is 2.02. The van der Waals surface area contributed by atoms with Crippen molar-refractivity contribution in [1.82, 2.24) is 0 Å². The summed E-state index contributed by atoms with van der Waals surface area (Å²) in [6, 6.07) is 5.75. The minimum atomic E-state index is -0.279. The van der Waals surface area contributed by atoms with Gasteiger partial charge in [0.15, 0.2) is 0 Å². The van der Waals surface area contributed by atoms with Gasteiger partial charge in [0, 0.05) is 6.42 Å². The number of carbonyl (C=O) groups is 1. The fraction of sp³-hybridized carbons (Fsp3) is 0.273. The molecule has 0 bridgehead atoms. The summed E-state index contributed by atoms with van der Waals surface area (Å²) in [5, 5.41) is 0. The summed E-state index contributed by atoms with van der Waals surface area (Å²) < 4.78 is 6.01. The van der Waals surface area contributed by atoms with Gasteiger partial charge in [-0.25, -0.2) is 0 Å². The lowest BCUT2D eigenvalue weighted by molar-refractivity contribution is -0.117. The van der Waals surface area contributed by atoms with Crippen molar-refractivity contribution in [2.45, 2.75) is 12.8 Å². The topological polar surface area (TPSA) is 52.3 Å². The van der Waals surface area contributed by atoms with Crippen molar-refractivity contribution in [3.05, 3.63) is 34.7 Å². The van der Waals surface area contributed by atoms with Gasteiger partial charge in [-0.05, 0) is 46.5 Å². The Hall–Kier alpha value is -1.03. The molecule has 0 atom stereocenters. The van der Waals surface area contributed by atoms with Crippen molar-refractivity contribution in [1.29, 1.82) is 0 Å². The first-order valence-electron chi connectivity index (χ1n) is 4.58. The number of methoxy groups -OCH3 is 1. The van der Waals surface area contributed by atoms with Crippen molar-refractivity contribution in [3.8, 4) is 5.75 Å². The number of ether oxygens (including phenoxy) is 1. The number of rotatable bonds is 5. The number of carbonyl (C=O) groups excluding carboxylic acids is 1. The van der Waals surface area contributed by atoms with E-state index in [9.17, 15) is 4.79 Å². The molecule has 0 heterocycles. The molecule has 3 nitrogen and oxygen atoms in total. The molecule has 0 saturated carbocycles. The zero-order valence-corrected chi connectivity index (χ0v) is 10.1. The van der Waals surface area contributed by atoms with Crippen molar-refractivity contribution < 1.29 is 9.53 Å². The molecule has 1 rings (SSSR count). The lowest BCUT2D eigenvalue weighted by Crippen LogP contribution is -2.09. The van der Waals surface area contributed by atoms with E-state index in [2.05, 4.69) is 15.9 Å². The number of hydrogen-bond acceptors (Lipinski definition) is 2. The highest BCUT2D eigenvalue weighted by molar-refractivity contribution is 9.10. The van der Waals surface area contributed by atoms with Gasteiger partial charge in [-0.15, -0.1) is 0 Å². The van der Waals surface area contributed by atoms with Gasteiger partial charge in [-0.1, -0.05) is 6.07 Å². The summed E-state index contributed by atoms with van der Waals surface area (Å²) in [6.45, 7) is 0. The van der Waals surface area contributed by atoms with E-state index in [0.29, 0.717) is 12.8 Å². The van der Waals surface area contributed by atoms with E-state index in [4.69, 9.17) is 10.5 Å². The summed E-state index contributed by atoms with van der Waals surface area (Å²) in [5.74, 6) is 0.515. The average molecular weight is 271 g/mol. The predicted octanol–water partition coefficient (Wildman–Crippen LogP) is 2.28. The van der Waals surface area contributed by atoms with Gasteiger partial charge in [0.2, 0.25) is 5.91 Å². The quantitative estimate of drug-likeness (QED) is 0.893. The Balaban J connectivity index is 2.55. The molecule has 0 saturated heterocycles. The fourth-order valence-corrected chi connectivity index (χ4v) is 1.75. The predicted molar refractivity (Wildman–Crippen MR) is 62.5 cm³/mol. The Morgan fingerprint density at radius 2 is 2.33 bits per heavy atom.